The van der Waals surface area contributed by atoms with Crippen molar-refractivity contribution < 1.29 is 14.7 Å². The van der Waals surface area contributed by atoms with Gasteiger partial charge in [0.15, 0.2) is 5.78 Å². The number of benzene rings is 1. The van der Waals surface area contributed by atoms with E-state index < -0.39 is 5.91 Å². The van der Waals surface area contributed by atoms with Crippen LogP contribution in [0.15, 0.2) is 18.2 Å². The van der Waals surface area contributed by atoms with Gasteiger partial charge in [-0.2, -0.15) is 5.10 Å². The van der Waals surface area contributed by atoms with Crippen molar-refractivity contribution in [2.75, 3.05) is 5.73 Å². The number of amides is 1. The molecule has 0 bridgehead atoms. The van der Waals surface area contributed by atoms with Gasteiger partial charge in [0.2, 0.25) is 0 Å². The zero-order valence-corrected chi connectivity index (χ0v) is 18.1. The van der Waals surface area contributed by atoms with E-state index >= 15 is 0 Å². The number of hydrogen-bond acceptors (Lipinski definition) is 5. The molecule has 7 nitrogen and oxygen atoms in total. The van der Waals surface area contributed by atoms with Crippen molar-refractivity contribution in [3.05, 3.63) is 40.7 Å². The molecule has 0 atom stereocenters. The van der Waals surface area contributed by atoms with Crippen LogP contribution in [0.5, 0.6) is 0 Å². The van der Waals surface area contributed by atoms with Gasteiger partial charge in [0.25, 0.3) is 5.91 Å². The molecular formula is C23H32N4O3. The minimum absolute atomic E-state index is 0.0463. The molecule has 2 aromatic rings. The zero-order chi connectivity index (χ0) is 22.1. The van der Waals surface area contributed by atoms with E-state index in [4.69, 9.17) is 16.6 Å². The molecule has 1 aromatic heterocycles. The molecule has 2 aliphatic rings. The van der Waals surface area contributed by atoms with Gasteiger partial charge in [0.1, 0.15) is 0 Å². The maximum absolute atomic E-state index is 12.6. The van der Waals surface area contributed by atoms with Gasteiger partial charge in [-0.3, -0.25) is 9.59 Å². The summed E-state index contributed by atoms with van der Waals surface area (Å²) >= 11 is 0. The highest BCUT2D eigenvalue weighted by Crippen LogP contribution is 2.37. The van der Waals surface area contributed by atoms with E-state index in [0.29, 0.717) is 18.5 Å². The molecule has 0 unspecified atom stereocenters. The first-order valence-corrected chi connectivity index (χ1v) is 10.6. The lowest BCUT2D eigenvalue weighted by molar-refractivity contribution is 0.0909. The number of carbonyl (C=O) groups is 2. The number of ketones is 1. The maximum atomic E-state index is 12.6. The first kappa shape index (κ1) is 22.0. The Labute approximate surface area is 177 Å². The van der Waals surface area contributed by atoms with Crippen molar-refractivity contribution in [1.29, 1.82) is 0 Å². The molecule has 0 radical (unpaired) electrons. The molecule has 2 aliphatic carbocycles. The number of fused-ring (bicyclic) bond motifs is 1. The fraction of sp³-hybridized carbons (Fsp3) is 0.522. The summed E-state index contributed by atoms with van der Waals surface area (Å²) in [7, 11) is 0. The summed E-state index contributed by atoms with van der Waals surface area (Å²) in [4.78, 5) is 24.0. The summed E-state index contributed by atoms with van der Waals surface area (Å²) in [6.07, 6.45) is 6.59. The summed E-state index contributed by atoms with van der Waals surface area (Å²) in [6, 6.07) is 5.04. The number of primary amides is 1. The number of nitrogen functional groups attached to an aromatic ring is 1. The second kappa shape index (κ2) is 8.60. The third kappa shape index (κ3) is 4.56. The highest BCUT2D eigenvalue weighted by Gasteiger charge is 2.36. The standard InChI is InChI=1S/C18H22N4O2.C5H10O/c1-4-13-16-14(8-18(2,3)9-15(16)23)22(21-13)10-5-6-11(17(20)24)12(19)7-10;6-5-3-1-2-4-5/h5-7H,4,8-9,19H2,1-3H3,(H2,20,24);5-6H,1-4H2. The minimum atomic E-state index is -0.563. The van der Waals surface area contributed by atoms with Crippen molar-refractivity contribution in [2.45, 2.75) is 71.8 Å². The van der Waals surface area contributed by atoms with Crippen LogP contribution >= 0.6 is 0 Å². The van der Waals surface area contributed by atoms with Crippen LogP contribution in [-0.2, 0) is 12.8 Å². The first-order valence-electron chi connectivity index (χ1n) is 10.6. The van der Waals surface area contributed by atoms with Crippen molar-refractivity contribution in [3.8, 4) is 5.69 Å². The Morgan fingerprint density at radius 3 is 2.43 bits per heavy atom. The molecule has 1 saturated carbocycles. The lowest BCUT2D eigenvalue weighted by Gasteiger charge is -2.29. The van der Waals surface area contributed by atoms with Crippen LogP contribution in [0.1, 0.15) is 85.0 Å². The van der Waals surface area contributed by atoms with E-state index in [-0.39, 0.29) is 22.9 Å². The number of nitrogens with zero attached hydrogens (tertiary/aromatic N) is 2. The summed E-state index contributed by atoms with van der Waals surface area (Å²) in [5.41, 5.74) is 14.9. The van der Waals surface area contributed by atoms with Gasteiger partial charge >= 0.3 is 0 Å². The van der Waals surface area contributed by atoms with Crippen LogP contribution in [0, 0.1) is 5.41 Å². The first-order chi connectivity index (χ1) is 14.1. The Balaban J connectivity index is 0.000000367. The van der Waals surface area contributed by atoms with Crippen molar-refractivity contribution in [1.82, 2.24) is 9.78 Å². The number of rotatable bonds is 3. The second-order valence-electron chi connectivity index (χ2n) is 9.05. The zero-order valence-electron chi connectivity index (χ0n) is 18.1. The molecule has 162 valence electrons. The SMILES string of the molecule is CCc1nn(-c2ccc(C(N)=O)c(N)c2)c2c1C(=O)CC(C)(C)C2.OC1CCCC1. The number of carbonyl (C=O) groups excluding carboxylic acids is 2. The molecule has 0 saturated heterocycles. The maximum Gasteiger partial charge on any atom is 0.250 e. The van der Waals surface area contributed by atoms with Gasteiger partial charge in [0, 0.05) is 12.1 Å². The molecular weight excluding hydrogens is 380 g/mol. The van der Waals surface area contributed by atoms with Gasteiger partial charge in [-0.1, -0.05) is 33.6 Å². The van der Waals surface area contributed by atoms with Crippen LogP contribution < -0.4 is 11.5 Å². The molecule has 0 aliphatic heterocycles. The molecule has 1 fully saturated rings. The van der Waals surface area contributed by atoms with Crippen LogP contribution in [0.3, 0.4) is 0 Å². The molecule has 1 heterocycles. The quantitative estimate of drug-likeness (QED) is 0.668. The van der Waals surface area contributed by atoms with E-state index in [2.05, 4.69) is 18.9 Å². The number of aryl methyl sites for hydroxylation is 1. The fourth-order valence-corrected chi connectivity index (χ4v) is 4.30. The normalized spacial score (nSPS) is 17.9. The van der Waals surface area contributed by atoms with Crippen LogP contribution in [0.4, 0.5) is 5.69 Å². The summed E-state index contributed by atoms with van der Waals surface area (Å²) in [5, 5.41) is 13.4. The average molecular weight is 413 g/mol. The average Bonchev–Trinajstić information content (AvgIpc) is 3.27. The number of nitrogens with two attached hydrogens (primary N) is 2. The van der Waals surface area contributed by atoms with Gasteiger partial charge in [0.05, 0.1) is 34.3 Å². The molecule has 7 heteroatoms. The van der Waals surface area contributed by atoms with E-state index in [1.807, 2.05) is 6.92 Å². The van der Waals surface area contributed by atoms with Gasteiger partial charge in [-0.15, -0.1) is 0 Å². The number of hydrogen-bond donors (Lipinski definition) is 3. The third-order valence-corrected chi connectivity index (χ3v) is 5.82. The number of anilines is 1. The van der Waals surface area contributed by atoms with E-state index in [9.17, 15) is 9.59 Å². The fourth-order valence-electron chi connectivity index (χ4n) is 4.30. The Hall–Kier alpha value is -2.67. The molecule has 1 amide bonds. The minimum Gasteiger partial charge on any atom is -0.398 e. The Bertz CT molecular complexity index is 956. The largest absolute Gasteiger partial charge is 0.398 e. The summed E-state index contributed by atoms with van der Waals surface area (Å²) in [6.45, 7) is 6.16. The van der Waals surface area contributed by atoms with Gasteiger partial charge in [-0.05, 0) is 49.3 Å². The van der Waals surface area contributed by atoms with Crippen molar-refractivity contribution in [2.24, 2.45) is 11.1 Å². The Morgan fingerprint density at radius 1 is 1.27 bits per heavy atom. The molecule has 5 N–H and O–H groups in total. The predicted octanol–water partition coefficient (Wildman–Crippen LogP) is 3.19. The van der Waals surface area contributed by atoms with Gasteiger partial charge < -0.3 is 16.6 Å². The molecule has 0 spiro atoms. The van der Waals surface area contributed by atoms with Crippen molar-refractivity contribution in [3.63, 3.8) is 0 Å². The molecule has 1 aromatic carbocycles. The smallest absolute Gasteiger partial charge is 0.250 e. The Kier molecular flexibility index (Phi) is 6.31. The molecule has 30 heavy (non-hydrogen) atoms. The summed E-state index contributed by atoms with van der Waals surface area (Å²) < 4.78 is 1.79. The molecule has 4 rings (SSSR count). The van der Waals surface area contributed by atoms with Crippen LogP contribution in [-0.4, -0.2) is 32.7 Å². The lowest BCUT2D eigenvalue weighted by Crippen LogP contribution is -2.28. The van der Waals surface area contributed by atoms with Crippen molar-refractivity contribution >= 4 is 17.4 Å². The number of aliphatic hydroxyl groups is 1. The third-order valence-electron chi connectivity index (χ3n) is 5.82. The highest BCUT2D eigenvalue weighted by molar-refractivity contribution is 6.00. The highest BCUT2D eigenvalue weighted by atomic mass is 16.3. The monoisotopic (exact) mass is 412 g/mol. The number of aromatic nitrogens is 2. The van der Waals surface area contributed by atoms with Crippen LogP contribution in [0.25, 0.3) is 5.69 Å². The summed E-state index contributed by atoms with van der Waals surface area (Å²) in [5.74, 6) is -0.418. The van der Waals surface area contributed by atoms with E-state index in [0.717, 1.165) is 41.9 Å². The van der Waals surface area contributed by atoms with E-state index in [1.54, 1.807) is 22.9 Å². The predicted molar refractivity (Wildman–Crippen MR) is 117 cm³/mol. The topological polar surface area (TPSA) is 124 Å². The number of aliphatic hydroxyl groups excluding tert-OH is 1. The second-order valence-corrected chi connectivity index (χ2v) is 9.05. The Morgan fingerprint density at radius 2 is 1.93 bits per heavy atom. The lowest BCUT2D eigenvalue weighted by atomic mass is 9.75. The van der Waals surface area contributed by atoms with Gasteiger partial charge in [-0.25, -0.2) is 4.68 Å². The number of Topliss-reactive ketones (excluding diaryl/α,β-unsaturated/α-hetero) is 1. The van der Waals surface area contributed by atoms with E-state index in [1.165, 1.54) is 12.8 Å². The van der Waals surface area contributed by atoms with Crippen LogP contribution in [0.2, 0.25) is 0 Å².